The quantitative estimate of drug-likeness (QED) is 0.823. The van der Waals surface area contributed by atoms with Crippen molar-refractivity contribution in [3.05, 3.63) is 41.1 Å². The number of anilines is 1. The third kappa shape index (κ3) is 4.28. The van der Waals surface area contributed by atoms with Crippen LogP contribution in [0.15, 0.2) is 41.1 Å². The van der Waals surface area contributed by atoms with Crippen LogP contribution in [0.5, 0.6) is 5.75 Å². The average molecular weight is 324 g/mol. The van der Waals surface area contributed by atoms with Crippen LogP contribution in [0.25, 0.3) is 0 Å². The van der Waals surface area contributed by atoms with Crippen molar-refractivity contribution in [3.8, 4) is 5.75 Å². The van der Waals surface area contributed by atoms with Crippen LogP contribution in [-0.4, -0.2) is 22.9 Å². The van der Waals surface area contributed by atoms with Gasteiger partial charge in [0.2, 0.25) is 0 Å². The molecule has 0 amide bonds. The molecule has 0 aliphatic rings. The first-order valence-electron chi connectivity index (χ1n) is 6.31. The number of nitrogens with one attached hydrogen (secondary N) is 1. The largest absolute Gasteiger partial charge is 0.488 e. The van der Waals surface area contributed by atoms with E-state index in [0.717, 1.165) is 22.5 Å². The molecule has 0 saturated carbocycles. The van der Waals surface area contributed by atoms with E-state index in [0.29, 0.717) is 12.6 Å². The SMILES string of the molecule is CC(C)n1cc(OCCNc2cccc(Br)c2)cn1. The number of benzene rings is 1. The highest BCUT2D eigenvalue weighted by Crippen LogP contribution is 2.15. The van der Waals surface area contributed by atoms with Crippen molar-refractivity contribution in [3.63, 3.8) is 0 Å². The van der Waals surface area contributed by atoms with Gasteiger partial charge in [-0.25, -0.2) is 0 Å². The van der Waals surface area contributed by atoms with Crippen LogP contribution >= 0.6 is 15.9 Å². The first kappa shape index (κ1) is 13.9. The molecule has 5 heteroatoms. The van der Waals surface area contributed by atoms with Gasteiger partial charge in [-0.05, 0) is 32.0 Å². The van der Waals surface area contributed by atoms with Crippen LogP contribution in [0.4, 0.5) is 5.69 Å². The lowest BCUT2D eigenvalue weighted by molar-refractivity contribution is 0.332. The molecule has 0 fully saturated rings. The maximum atomic E-state index is 5.63. The maximum absolute atomic E-state index is 5.63. The molecule has 1 aromatic carbocycles. The number of aromatic nitrogens is 2. The summed E-state index contributed by atoms with van der Waals surface area (Å²) in [6, 6.07) is 8.43. The van der Waals surface area contributed by atoms with Crippen LogP contribution in [0, 0.1) is 0 Å². The van der Waals surface area contributed by atoms with Crippen LogP contribution in [0.2, 0.25) is 0 Å². The Kier molecular flexibility index (Phi) is 4.85. The second kappa shape index (κ2) is 6.61. The van der Waals surface area contributed by atoms with Gasteiger partial charge in [-0.1, -0.05) is 22.0 Å². The van der Waals surface area contributed by atoms with Gasteiger partial charge < -0.3 is 10.1 Å². The van der Waals surface area contributed by atoms with Crippen LogP contribution < -0.4 is 10.1 Å². The zero-order valence-corrected chi connectivity index (χ0v) is 12.7. The maximum Gasteiger partial charge on any atom is 0.157 e. The molecule has 0 aliphatic carbocycles. The van der Waals surface area contributed by atoms with E-state index in [1.54, 1.807) is 6.20 Å². The van der Waals surface area contributed by atoms with Crippen molar-refractivity contribution in [2.45, 2.75) is 19.9 Å². The van der Waals surface area contributed by atoms with Crippen molar-refractivity contribution in [1.29, 1.82) is 0 Å². The molecule has 1 N–H and O–H groups in total. The molecular weight excluding hydrogens is 306 g/mol. The van der Waals surface area contributed by atoms with Crippen LogP contribution in [-0.2, 0) is 0 Å². The molecule has 19 heavy (non-hydrogen) atoms. The Hall–Kier alpha value is -1.49. The molecular formula is C14H18BrN3O. The van der Waals surface area contributed by atoms with E-state index < -0.39 is 0 Å². The first-order chi connectivity index (χ1) is 9.15. The molecule has 2 aromatic rings. The molecule has 0 atom stereocenters. The summed E-state index contributed by atoms with van der Waals surface area (Å²) in [6.45, 7) is 5.54. The highest BCUT2D eigenvalue weighted by Gasteiger charge is 2.02. The van der Waals surface area contributed by atoms with Gasteiger partial charge in [0.05, 0.1) is 12.4 Å². The van der Waals surface area contributed by atoms with E-state index >= 15 is 0 Å². The molecule has 0 bridgehead atoms. The smallest absolute Gasteiger partial charge is 0.157 e. The third-order valence-electron chi connectivity index (χ3n) is 2.63. The summed E-state index contributed by atoms with van der Waals surface area (Å²) in [5.74, 6) is 0.810. The summed E-state index contributed by atoms with van der Waals surface area (Å²) in [6.07, 6.45) is 3.67. The fraction of sp³-hybridized carbons (Fsp3) is 0.357. The van der Waals surface area contributed by atoms with Gasteiger partial charge in [0.1, 0.15) is 6.61 Å². The Bertz CT molecular complexity index is 525. The molecule has 1 aromatic heterocycles. The van der Waals surface area contributed by atoms with Gasteiger partial charge in [0, 0.05) is 22.7 Å². The van der Waals surface area contributed by atoms with Crippen molar-refractivity contribution < 1.29 is 4.74 Å². The number of ether oxygens (including phenoxy) is 1. The zero-order chi connectivity index (χ0) is 13.7. The second-order valence-electron chi connectivity index (χ2n) is 4.54. The lowest BCUT2D eigenvalue weighted by Gasteiger charge is -2.07. The topological polar surface area (TPSA) is 39.1 Å². The van der Waals surface area contributed by atoms with Crippen LogP contribution in [0.1, 0.15) is 19.9 Å². The zero-order valence-electron chi connectivity index (χ0n) is 11.1. The van der Waals surface area contributed by atoms with E-state index in [-0.39, 0.29) is 0 Å². The van der Waals surface area contributed by atoms with Crippen molar-refractivity contribution in [2.24, 2.45) is 0 Å². The van der Waals surface area contributed by atoms with E-state index in [4.69, 9.17) is 4.74 Å². The van der Waals surface area contributed by atoms with Gasteiger partial charge >= 0.3 is 0 Å². The molecule has 0 spiro atoms. The molecule has 0 unspecified atom stereocenters. The van der Waals surface area contributed by atoms with Crippen molar-refractivity contribution in [2.75, 3.05) is 18.5 Å². The van der Waals surface area contributed by atoms with Gasteiger partial charge in [-0.3, -0.25) is 4.68 Å². The van der Waals surface area contributed by atoms with E-state index in [1.165, 1.54) is 0 Å². The minimum atomic E-state index is 0.358. The van der Waals surface area contributed by atoms with E-state index in [2.05, 4.69) is 40.2 Å². The molecule has 4 nitrogen and oxygen atoms in total. The normalized spacial score (nSPS) is 10.7. The van der Waals surface area contributed by atoms with Gasteiger partial charge in [0.15, 0.2) is 5.75 Å². The number of hydrogen-bond acceptors (Lipinski definition) is 3. The fourth-order valence-corrected chi connectivity index (χ4v) is 2.04. The lowest BCUT2D eigenvalue weighted by atomic mass is 10.3. The number of nitrogens with zero attached hydrogens (tertiary/aromatic N) is 2. The van der Waals surface area contributed by atoms with E-state index in [1.807, 2.05) is 35.1 Å². The summed E-state index contributed by atoms with van der Waals surface area (Å²) in [5, 5.41) is 7.53. The number of rotatable bonds is 6. The minimum Gasteiger partial charge on any atom is -0.488 e. The Labute approximate surface area is 121 Å². The molecule has 102 valence electrons. The number of hydrogen-bond donors (Lipinski definition) is 1. The predicted molar refractivity (Wildman–Crippen MR) is 80.7 cm³/mol. The standard InChI is InChI=1S/C14H18BrN3O/c1-11(2)18-10-14(9-17-18)19-7-6-16-13-5-3-4-12(15)8-13/h3-5,8-11,16H,6-7H2,1-2H3. The highest BCUT2D eigenvalue weighted by atomic mass is 79.9. The predicted octanol–water partition coefficient (Wildman–Crippen LogP) is 3.72. The monoisotopic (exact) mass is 323 g/mol. The highest BCUT2D eigenvalue weighted by molar-refractivity contribution is 9.10. The Balaban J connectivity index is 1.74. The molecule has 0 radical (unpaired) electrons. The fourth-order valence-electron chi connectivity index (χ4n) is 1.64. The molecule has 2 rings (SSSR count). The summed E-state index contributed by atoms with van der Waals surface area (Å²) >= 11 is 3.44. The Morgan fingerprint density at radius 2 is 2.26 bits per heavy atom. The van der Waals surface area contributed by atoms with Gasteiger partial charge in [-0.15, -0.1) is 0 Å². The summed E-state index contributed by atoms with van der Waals surface area (Å²) < 4.78 is 8.58. The summed E-state index contributed by atoms with van der Waals surface area (Å²) in [5.41, 5.74) is 1.08. The lowest BCUT2D eigenvalue weighted by Crippen LogP contribution is -2.11. The van der Waals surface area contributed by atoms with Gasteiger partial charge in [0.25, 0.3) is 0 Å². The molecule has 0 aliphatic heterocycles. The molecule has 1 heterocycles. The van der Waals surface area contributed by atoms with Crippen LogP contribution in [0.3, 0.4) is 0 Å². The van der Waals surface area contributed by atoms with E-state index in [9.17, 15) is 0 Å². The average Bonchev–Trinajstić information content (AvgIpc) is 2.84. The number of halogens is 1. The molecule has 0 saturated heterocycles. The minimum absolute atomic E-state index is 0.358. The summed E-state index contributed by atoms with van der Waals surface area (Å²) in [4.78, 5) is 0. The first-order valence-corrected chi connectivity index (χ1v) is 7.11. The third-order valence-corrected chi connectivity index (χ3v) is 3.12. The second-order valence-corrected chi connectivity index (χ2v) is 5.45. The Morgan fingerprint density at radius 3 is 2.95 bits per heavy atom. The van der Waals surface area contributed by atoms with Crippen molar-refractivity contribution >= 4 is 21.6 Å². The van der Waals surface area contributed by atoms with Crippen molar-refractivity contribution in [1.82, 2.24) is 9.78 Å². The Morgan fingerprint density at radius 1 is 1.42 bits per heavy atom. The summed E-state index contributed by atoms with van der Waals surface area (Å²) in [7, 11) is 0. The van der Waals surface area contributed by atoms with Gasteiger partial charge in [-0.2, -0.15) is 5.10 Å².